The van der Waals surface area contributed by atoms with Gasteiger partial charge in [0.25, 0.3) is 0 Å². The lowest BCUT2D eigenvalue weighted by molar-refractivity contribution is -0.160. The third-order valence-corrected chi connectivity index (χ3v) is 2.53. The van der Waals surface area contributed by atoms with E-state index in [1.807, 2.05) is 0 Å². The number of carbonyl (C=O) groups is 2. The molecule has 6 heteroatoms. The molecule has 1 heterocycles. The van der Waals surface area contributed by atoms with Gasteiger partial charge >= 0.3 is 11.9 Å². The largest absolute Gasteiger partial charge is 0.459 e. The summed E-state index contributed by atoms with van der Waals surface area (Å²) in [6.07, 6.45) is 0. The Morgan fingerprint density at radius 1 is 1.25 bits per heavy atom. The summed E-state index contributed by atoms with van der Waals surface area (Å²) >= 11 is 0. The number of nitrogens with zero attached hydrogens (tertiary/aromatic N) is 2. The molecule has 1 fully saturated rings. The zero-order valence-electron chi connectivity index (χ0n) is 9.52. The molecule has 0 bridgehead atoms. The molecule has 0 spiro atoms. The molecule has 0 aliphatic carbocycles. The van der Waals surface area contributed by atoms with Gasteiger partial charge in [0.05, 0.1) is 13.2 Å². The number of hydrogen-bond acceptors (Lipinski definition) is 5. The Labute approximate surface area is 94.8 Å². The molecule has 1 rings (SSSR count). The number of amides is 1. The van der Waals surface area contributed by atoms with Gasteiger partial charge in [-0.25, -0.2) is 4.79 Å². The van der Waals surface area contributed by atoms with E-state index in [1.165, 1.54) is 4.90 Å². The lowest BCUT2D eigenvalue weighted by atomic mass is 10.3. The molecular formula is C10H18N2O4. The number of β-amino-alcohol motifs (C(OH)–C–C–N with tert-alkyl or cyclic N) is 1. The molecule has 1 N–H and O–H groups in total. The number of aliphatic hydroxyl groups excluding tert-OH is 1. The van der Waals surface area contributed by atoms with E-state index < -0.39 is 11.9 Å². The maximum Gasteiger partial charge on any atom is 0.397 e. The number of esters is 1. The van der Waals surface area contributed by atoms with Crippen LogP contribution in [0.15, 0.2) is 0 Å². The maximum absolute atomic E-state index is 11.5. The molecule has 0 radical (unpaired) electrons. The Hall–Kier alpha value is -1.14. The Morgan fingerprint density at radius 2 is 1.88 bits per heavy atom. The SMILES string of the molecule is CCOC(=O)C(=O)N1CCN(CCO)CC1. The van der Waals surface area contributed by atoms with Gasteiger partial charge in [0.2, 0.25) is 0 Å². The molecule has 0 aromatic rings. The van der Waals surface area contributed by atoms with Crippen LogP contribution in [0.25, 0.3) is 0 Å². The van der Waals surface area contributed by atoms with Crippen molar-refractivity contribution < 1.29 is 19.4 Å². The van der Waals surface area contributed by atoms with E-state index in [0.29, 0.717) is 32.7 Å². The molecule has 16 heavy (non-hydrogen) atoms. The fourth-order valence-corrected chi connectivity index (χ4v) is 1.64. The number of rotatable bonds is 3. The van der Waals surface area contributed by atoms with Crippen molar-refractivity contribution in [1.29, 1.82) is 0 Å². The second kappa shape index (κ2) is 6.44. The van der Waals surface area contributed by atoms with Gasteiger partial charge in [-0.1, -0.05) is 0 Å². The molecule has 0 aromatic carbocycles. The minimum atomic E-state index is -0.780. The predicted octanol–water partition coefficient (Wildman–Crippen LogP) is -1.31. The fourth-order valence-electron chi connectivity index (χ4n) is 1.64. The first kappa shape index (κ1) is 12.9. The van der Waals surface area contributed by atoms with Crippen LogP contribution in [-0.2, 0) is 14.3 Å². The van der Waals surface area contributed by atoms with Crippen molar-refractivity contribution in [1.82, 2.24) is 9.80 Å². The second-order valence-electron chi connectivity index (χ2n) is 3.58. The van der Waals surface area contributed by atoms with Crippen LogP contribution in [0.3, 0.4) is 0 Å². The summed E-state index contributed by atoms with van der Waals surface area (Å²) in [6.45, 7) is 5.01. The highest BCUT2D eigenvalue weighted by molar-refractivity contribution is 6.32. The predicted molar refractivity (Wildman–Crippen MR) is 56.7 cm³/mol. The molecular weight excluding hydrogens is 212 g/mol. The first-order valence-electron chi connectivity index (χ1n) is 5.48. The van der Waals surface area contributed by atoms with Crippen molar-refractivity contribution in [3.63, 3.8) is 0 Å². The first-order valence-corrected chi connectivity index (χ1v) is 5.48. The molecule has 1 aliphatic heterocycles. The van der Waals surface area contributed by atoms with E-state index >= 15 is 0 Å². The van der Waals surface area contributed by atoms with Crippen LogP contribution in [0.2, 0.25) is 0 Å². The monoisotopic (exact) mass is 230 g/mol. The molecule has 6 nitrogen and oxygen atoms in total. The van der Waals surface area contributed by atoms with Crippen molar-refractivity contribution in [2.45, 2.75) is 6.92 Å². The van der Waals surface area contributed by atoms with Crippen LogP contribution in [0.1, 0.15) is 6.92 Å². The summed E-state index contributed by atoms with van der Waals surface area (Å²) in [5.41, 5.74) is 0. The molecule has 1 saturated heterocycles. The van der Waals surface area contributed by atoms with Crippen molar-refractivity contribution in [3.05, 3.63) is 0 Å². The third-order valence-electron chi connectivity index (χ3n) is 2.53. The molecule has 0 atom stereocenters. The van der Waals surface area contributed by atoms with Gasteiger partial charge < -0.3 is 14.7 Å². The highest BCUT2D eigenvalue weighted by Gasteiger charge is 2.26. The summed E-state index contributed by atoms with van der Waals surface area (Å²) in [7, 11) is 0. The summed E-state index contributed by atoms with van der Waals surface area (Å²) in [4.78, 5) is 26.3. The van der Waals surface area contributed by atoms with Crippen molar-refractivity contribution in [2.24, 2.45) is 0 Å². The lowest BCUT2D eigenvalue weighted by Gasteiger charge is -2.33. The molecule has 92 valence electrons. The molecule has 1 amide bonds. The number of ether oxygens (including phenoxy) is 1. The quantitative estimate of drug-likeness (QED) is 0.481. The smallest absolute Gasteiger partial charge is 0.397 e. The van der Waals surface area contributed by atoms with E-state index in [1.54, 1.807) is 6.92 Å². The summed E-state index contributed by atoms with van der Waals surface area (Å²) in [5, 5.41) is 8.76. The topological polar surface area (TPSA) is 70.1 Å². The van der Waals surface area contributed by atoms with Crippen molar-refractivity contribution >= 4 is 11.9 Å². The normalized spacial score (nSPS) is 17.2. The number of piperazine rings is 1. The van der Waals surface area contributed by atoms with E-state index in [2.05, 4.69) is 9.64 Å². The number of carbonyl (C=O) groups excluding carboxylic acids is 2. The highest BCUT2D eigenvalue weighted by atomic mass is 16.5. The average molecular weight is 230 g/mol. The van der Waals surface area contributed by atoms with Crippen LogP contribution in [-0.4, -0.2) is 72.7 Å². The summed E-state index contributed by atoms with van der Waals surface area (Å²) < 4.78 is 4.65. The van der Waals surface area contributed by atoms with E-state index in [9.17, 15) is 9.59 Å². The standard InChI is InChI=1S/C10H18N2O4/c1-2-16-10(15)9(14)12-5-3-11(4-6-12)7-8-13/h13H,2-8H2,1H3. The lowest BCUT2D eigenvalue weighted by Crippen LogP contribution is -2.51. The van der Waals surface area contributed by atoms with Crippen LogP contribution >= 0.6 is 0 Å². The van der Waals surface area contributed by atoms with Crippen molar-refractivity contribution in [3.8, 4) is 0 Å². The Kier molecular flexibility index (Phi) is 5.21. The van der Waals surface area contributed by atoms with Gasteiger partial charge in [0.1, 0.15) is 0 Å². The van der Waals surface area contributed by atoms with Gasteiger partial charge in [-0.05, 0) is 6.92 Å². The maximum atomic E-state index is 11.5. The Morgan fingerprint density at radius 3 is 2.38 bits per heavy atom. The minimum Gasteiger partial charge on any atom is -0.459 e. The zero-order valence-corrected chi connectivity index (χ0v) is 9.52. The highest BCUT2D eigenvalue weighted by Crippen LogP contribution is 2.02. The molecule has 1 aliphatic rings. The zero-order chi connectivity index (χ0) is 12.0. The number of aliphatic hydroxyl groups is 1. The van der Waals surface area contributed by atoms with Gasteiger partial charge in [0.15, 0.2) is 0 Å². The van der Waals surface area contributed by atoms with E-state index in [-0.39, 0.29) is 13.2 Å². The minimum absolute atomic E-state index is 0.117. The molecule has 0 unspecified atom stereocenters. The summed E-state index contributed by atoms with van der Waals surface area (Å²) in [6, 6.07) is 0. The van der Waals surface area contributed by atoms with Gasteiger partial charge in [-0.3, -0.25) is 9.69 Å². The average Bonchev–Trinajstić information content (AvgIpc) is 2.30. The first-order chi connectivity index (χ1) is 7.69. The van der Waals surface area contributed by atoms with E-state index in [4.69, 9.17) is 5.11 Å². The van der Waals surface area contributed by atoms with Crippen LogP contribution < -0.4 is 0 Å². The third kappa shape index (κ3) is 3.46. The second-order valence-corrected chi connectivity index (χ2v) is 3.58. The van der Waals surface area contributed by atoms with Crippen molar-refractivity contribution in [2.75, 3.05) is 45.9 Å². The summed E-state index contributed by atoms with van der Waals surface area (Å²) in [5.74, 6) is -1.34. The van der Waals surface area contributed by atoms with Gasteiger partial charge in [-0.15, -0.1) is 0 Å². The Balaban J connectivity index is 2.35. The van der Waals surface area contributed by atoms with Crippen LogP contribution in [0.4, 0.5) is 0 Å². The number of hydrogen-bond donors (Lipinski definition) is 1. The van der Waals surface area contributed by atoms with Gasteiger partial charge in [-0.2, -0.15) is 0 Å². The molecule has 0 saturated carbocycles. The van der Waals surface area contributed by atoms with E-state index in [0.717, 1.165) is 0 Å². The van der Waals surface area contributed by atoms with Crippen LogP contribution in [0, 0.1) is 0 Å². The van der Waals surface area contributed by atoms with Crippen LogP contribution in [0.5, 0.6) is 0 Å². The Bertz CT molecular complexity index is 249. The fraction of sp³-hybridized carbons (Fsp3) is 0.800. The van der Waals surface area contributed by atoms with Gasteiger partial charge in [0, 0.05) is 32.7 Å². The molecule has 0 aromatic heterocycles.